The number of H-pyrrole nitrogens is 1. The van der Waals surface area contributed by atoms with E-state index in [1.807, 2.05) is 0 Å². The lowest BCUT2D eigenvalue weighted by Gasteiger charge is -2.14. The van der Waals surface area contributed by atoms with E-state index in [-0.39, 0.29) is 25.3 Å². The van der Waals surface area contributed by atoms with E-state index < -0.39 is 5.97 Å². The van der Waals surface area contributed by atoms with E-state index in [9.17, 15) is 9.59 Å². The van der Waals surface area contributed by atoms with Crippen LogP contribution in [0.25, 0.3) is 0 Å². The van der Waals surface area contributed by atoms with Gasteiger partial charge >= 0.3 is 5.97 Å². The number of hydrogen-bond acceptors (Lipinski definition) is 4. The van der Waals surface area contributed by atoms with Crippen molar-refractivity contribution in [3.05, 3.63) is 11.6 Å². The standard InChI is InChI=1S/C9H14N4O3/c1-6-10-7(12-11-6)5-13(2)8(14)3-4-9(15)16/h3-5H2,1-2H3,(H,15,16)(H,10,11,12). The number of rotatable bonds is 5. The van der Waals surface area contributed by atoms with Gasteiger partial charge in [-0.2, -0.15) is 5.10 Å². The summed E-state index contributed by atoms with van der Waals surface area (Å²) in [7, 11) is 1.59. The molecule has 1 aromatic rings. The second-order valence-corrected chi connectivity index (χ2v) is 3.48. The van der Waals surface area contributed by atoms with Gasteiger partial charge in [-0.05, 0) is 6.92 Å². The van der Waals surface area contributed by atoms with Gasteiger partial charge in [0.15, 0.2) is 5.82 Å². The maximum atomic E-state index is 11.5. The normalized spacial score (nSPS) is 10.1. The first-order chi connectivity index (χ1) is 7.49. The lowest BCUT2D eigenvalue weighted by atomic mass is 10.3. The molecular weight excluding hydrogens is 212 g/mol. The molecule has 0 saturated heterocycles. The number of hydrogen-bond donors (Lipinski definition) is 2. The molecule has 2 N–H and O–H groups in total. The number of carbonyl (C=O) groups excluding carboxylic acids is 1. The predicted octanol–water partition coefficient (Wildman–Crippen LogP) is -0.0637. The molecule has 16 heavy (non-hydrogen) atoms. The lowest BCUT2D eigenvalue weighted by molar-refractivity contribution is -0.140. The Labute approximate surface area is 92.5 Å². The van der Waals surface area contributed by atoms with Gasteiger partial charge in [-0.25, -0.2) is 4.98 Å². The fraction of sp³-hybridized carbons (Fsp3) is 0.556. The number of aromatic nitrogens is 3. The highest BCUT2D eigenvalue weighted by Crippen LogP contribution is 2.01. The van der Waals surface area contributed by atoms with Crippen molar-refractivity contribution < 1.29 is 14.7 Å². The zero-order valence-electron chi connectivity index (χ0n) is 9.23. The Hall–Kier alpha value is -1.92. The quantitative estimate of drug-likeness (QED) is 0.732. The Kier molecular flexibility index (Phi) is 3.98. The van der Waals surface area contributed by atoms with Gasteiger partial charge < -0.3 is 10.0 Å². The Morgan fingerprint density at radius 2 is 2.12 bits per heavy atom. The van der Waals surface area contributed by atoms with Crippen molar-refractivity contribution in [1.82, 2.24) is 20.1 Å². The second kappa shape index (κ2) is 5.24. The minimum atomic E-state index is -0.976. The van der Waals surface area contributed by atoms with E-state index in [2.05, 4.69) is 15.2 Å². The first kappa shape index (κ1) is 12.2. The van der Waals surface area contributed by atoms with E-state index in [0.717, 1.165) is 0 Å². The van der Waals surface area contributed by atoms with E-state index in [0.29, 0.717) is 11.6 Å². The Bertz CT molecular complexity index is 388. The van der Waals surface area contributed by atoms with Crippen molar-refractivity contribution in [2.75, 3.05) is 7.05 Å². The number of carbonyl (C=O) groups is 2. The third-order valence-corrected chi connectivity index (χ3v) is 2.00. The van der Waals surface area contributed by atoms with E-state index >= 15 is 0 Å². The van der Waals surface area contributed by atoms with Crippen LogP contribution < -0.4 is 0 Å². The predicted molar refractivity (Wildman–Crippen MR) is 54.5 cm³/mol. The fourth-order valence-electron chi connectivity index (χ4n) is 1.16. The van der Waals surface area contributed by atoms with Gasteiger partial charge in [-0.1, -0.05) is 0 Å². The Balaban J connectivity index is 2.42. The summed E-state index contributed by atoms with van der Waals surface area (Å²) in [5, 5.41) is 15.0. The molecule has 1 heterocycles. The van der Waals surface area contributed by atoms with E-state index in [1.165, 1.54) is 4.90 Å². The Morgan fingerprint density at radius 1 is 1.44 bits per heavy atom. The summed E-state index contributed by atoms with van der Waals surface area (Å²) in [4.78, 5) is 27.2. The van der Waals surface area contributed by atoms with Gasteiger partial charge in [0.1, 0.15) is 5.82 Å². The van der Waals surface area contributed by atoms with Crippen molar-refractivity contribution in [1.29, 1.82) is 0 Å². The highest BCUT2D eigenvalue weighted by molar-refractivity contribution is 5.80. The third kappa shape index (κ3) is 3.68. The van der Waals surface area contributed by atoms with Gasteiger partial charge in [0.05, 0.1) is 13.0 Å². The molecule has 0 aromatic carbocycles. The fourth-order valence-corrected chi connectivity index (χ4v) is 1.16. The first-order valence-corrected chi connectivity index (χ1v) is 4.82. The summed E-state index contributed by atoms with van der Waals surface area (Å²) in [5.74, 6) is -0.00889. The van der Waals surface area contributed by atoms with Crippen LogP contribution in [0.2, 0.25) is 0 Å². The van der Waals surface area contributed by atoms with Crippen LogP contribution in [0.1, 0.15) is 24.5 Å². The summed E-state index contributed by atoms with van der Waals surface area (Å²) >= 11 is 0. The second-order valence-electron chi connectivity index (χ2n) is 3.48. The summed E-state index contributed by atoms with van der Waals surface area (Å²) in [6.45, 7) is 2.05. The number of aromatic amines is 1. The third-order valence-electron chi connectivity index (χ3n) is 2.00. The number of carboxylic acid groups (broad SMARTS) is 1. The van der Waals surface area contributed by atoms with Crippen LogP contribution in [0.4, 0.5) is 0 Å². The summed E-state index contributed by atoms with van der Waals surface area (Å²) < 4.78 is 0. The number of nitrogens with one attached hydrogen (secondary N) is 1. The molecule has 0 radical (unpaired) electrons. The van der Waals surface area contributed by atoms with Crippen LogP contribution in [0, 0.1) is 6.92 Å². The topological polar surface area (TPSA) is 99.2 Å². The van der Waals surface area contributed by atoms with Crippen molar-refractivity contribution in [2.24, 2.45) is 0 Å². The molecule has 1 aromatic heterocycles. The molecule has 1 rings (SSSR count). The monoisotopic (exact) mass is 226 g/mol. The maximum Gasteiger partial charge on any atom is 0.303 e. The largest absolute Gasteiger partial charge is 0.481 e. The molecule has 1 amide bonds. The molecule has 0 spiro atoms. The minimum Gasteiger partial charge on any atom is -0.481 e. The average Bonchev–Trinajstić information content (AvgIpc) is 2.60. The highest BCUT2D eigenvalue weighted by atomic mass is 16.4. The maximum absolute atomic E-state index is 11.5. The average molecular weight is 226 g/mol. The molecule has 0 aliphatic rings. The Morgan fingerprint density at radius 3 is 2.62 bits per heavy atom. The molecule has 0 atom stereocenters. The van der Waals surface area contributed by atoms with Crippen LogP contribution in [0.15, 0.2) is 0 Å². The van der Waals surface area contributed by atoms with Crippen LogP contribution in [-0.2, 0) is 16.1 Å². The summed E-state index contributed by atoms with van der Waals surface area (Å²) in [5.41, 5.74) is 0. The van der Waals surface area contributed by atoms with Crippen LogP contribution in [0.5, 0.6) is 0 Å². The van der Waals surface area contributed by atoms with E-state index in [4.69, 9.17) is 5.11 Å². The SMILES string of the molecule is Cc1nc(CN(C)C(=O)CCC(=O)O)n[nH]1. The van der Waals surface area contributed by atoms with Crippen molar-refractivity contribution in [3.63, 3.8) is 0 Å². The van der Waals surface area contributed by atoms with Gasteiger partial charge in [0.2, 0.25) is 5.91 Å². The number of aryl methyl sites for hydroxylation is 1. The van der Waals surface area contributed by atoms with E-state index in [1.54, 1.807) is 14.0 Å². The van der Waals surface area contributed by atoms with Crippen LogP contribution in [-0.4, -0.2) is 44.1 Å². The van der Waals surface area contributed by atoms with Gasteiger partial charge in [-0.15, -0.1) is 0 Å². The molecule has 0 saturated carbocycles. The van der Waals surface area contributed by atoms with Crippen LogP contribution >= 0.6 is 0 Å². The highest BCUT2D eigenvalue weighted by Gasteiger charge is 2.12. The molecule has 0 aliphatic heterocycles. The molecule has 7 nitrogen and oxygen atoms in total. The number of nitrogens with zero attached hydrogens (tertiary/aromatic N) is 3. The molecule has 88 valence electrons. The van der Waals surface area contributed by atoms with Crippen molar-refractivity contribution in [2.45, 2.75) is 26.3 Å². The van der Waals surface area contributed by atoms with Gasteiger partial charge in [0.25, 0.3) is 0 Å². The first-order valence-electron chi connectivity index (χ1n) is 4.82. The van der Waals surface area contributed by atoms with Crippen LogP contribution in [0.3, 0.4) is 0 Å². The van der Waals surface area contributed by atoms with Crippen molar-refractivity contribution in [3.8, 4) is 0 Å². The molecular formula is C9H14N4O3. The molecule has 7 heteroatoms. The lowest BCUT2D eigenvalue weighted by Crippen LogP contribution is -2.27. The zero-order chi connectivity index (χ0) is 12.1. The summed E-state index contributed by atoms with van der Waals surface area (Å²) in [6, 6.07) is 0. The molecule has 0 aliphatic carbocycles. The van der Waals surface area contributed by atoms with Crippen molar-refractivity contribution >= 4 is 11.9 Å². The number of carboxylic acids is 1. The molecule has 0 bridgehead atoms. The summed E-state index contributed by atoms with van der Waals surface area (Å²) in [6.07, 6.45) is -0.161. The number of amides is 1. The molecule has 0 unspecified atom stereocenters. The minimum absolute atomic E-state index is 0.00472. The number of aliphatic carboxylic acids is 1. The van der Waals surface area contributed by atoms with Gasteiger partial charge in [0, 0.05) is 13.5 Å². The van der Waals surface area contributed by atoms with Gasteiger partial charge in [-0.3, -0.25) is 14.7 Å². The zero-order valence-corrected chi connectivity index (χ0v) is 9.23. The smallest absolute Gasteiger partial charge is 0.303 e. The molecule has 0 fully saturated rings.